The molecule has 0 spiro atoms. The van der Waals surface area contributed by atoms with Gasteiger partial charge in [0.15, 0.2) is 5.69 Å². The largest absolute Gasteiger partial charge is 0.493 e. The van der Waals surface area contributed by atoms with Gasteiger partial charge in [-0.05, 0) is 30.9 Å². The van der Waals surface area contributed by atoms with Crippen LogP contribution < -0.4 is 14.8 Å². The van der Waals surface area contributed by atoms with E-state index in [1.54, 1.807) is 0 Å². The predicted molar refractivity (Wildman–Crippen MR) is 111 cm³/mol. The second-order valence-electron chi connectivity index (χ2n) is 6.38. The Morgan fingerprint density at radius 2 is 1.93 bits per heavy atom. The molecule has 6 nitrogen and oxygen atoms in total. The highest BCUT2D eigenvalue weighted by atomic mass is 32.2. The van der Waals surface area contributed by atoms with Crippen molar-refractivity contribution >= 4 is 17.4 Å². The lowest BCUT2D eigenvalue weighted by molar-refractivity contribution is 0.215. The summed E-state index contributed by atoms with van der Waals surface area (Å²) in [5, 5.41) is 12.6. The third-order valence-electron chi connectivity index (χ3n) is 4.47. The molecule has 0 saturated carbocycles. The van der Waals surface area contributed by atoms with Gasteiger partial charge in [-0.3, -0.25) is 0 Å². The fourth-order valence-electron chi connectivity index (χ4n) is 3.03. The number of hydrogen-bond donors (Lipinski definition) is 1. The highest BCUT2D eigenvalue weighted by molar-refractivity contribution is 7.98. The van der Waals surface area contributed by atoms with E-state index in [0.717, 1.165) is 35.4 Å². The topological polar surface area (TPSA) is 69.2 Å². The van der Waals surface area contributed by atoms with Crippen LogP contribution in [0, 0.1) is 0 Å². The summed E-state index contributed by atoms with van der Waals surface area (Å²) in [5.41, 5.74) is 3.39. The molecule has 0 fully saturated rings. The van der Waals surface area contributed by atoms with E-state index >= 15 is 0 Å². The van der Waals surface area contributed by atoms with Crippen LogP contribution in [0.3, 0.4) is 0 Å². The average Bonchev–Trinajstić information content (AvgIpc) is 2.90. The van der Waals surface area contributed by atoms with Crippen molar-refractivity contribution in [2.24, 2.45) is 0 Å². The average molecular weight is 395 g/mol. The number of unbranched alkanes of at least 4 members (excludes halogenated alkanes) is 1. The molecule has 0 bridgehead atoms. The molecule has 28 heavy (non-hydrogen) atoms. The van der Waals surface area contributed by atoms with E-state index in [9.17, 15) is 0 Å². The van der Waals surface area contributed by atoms with Gasteiger partial charge in [-0.2, -0.15) is 4.98 Å². The highest BCUT2D eigenvalue weighted by Gasteiger charge is 2.27. The normalized spacial score (nSPS) is 14.9. The summed E-state index contributed by atoms with van der Waals surface area (Å²) in [6.07, 6.45) is 3.56. The molecule has 1 aliphatic heterocycles. The summed E-state index contributed by atoms with van der Waals surface area (Å²) in [6.45, 7) is 2.82. The van der Waals surface area contributed by atoms with Gasteiger partial charge in [0.25, 0.3) is 0 Å². The summed E-state index contributed by atoms with van der Waals surface area (Å²) < 4.78 is 12.3. The van der Waals surface area contributed by atoms with Gasteiger partial charge in [0.1, 0.15) is 5.75 Å². The summed E-state index contributed by atoms with van der Waals surface area (Å²) in [7, 11) is 0. The van der Waals surface area contributed by atoms with Gasteiger partial charge in [0, 0.05) is 11.3 Å². The lowest BCUT2D eigenvalue weighted by Crippen LogP contribution is -2.18. The van der Waals surface area contributed by atoms with Crippen molar-refractivity contribution in [2.45, 2.75) is 31.1 Å². The molecule has 4 rings (SSSR count). The lowest BCUT2D eigenvalue weighted by atomic mass is 10.1. The molecular weight excluding hydrogens is 372 g/mol. The van der Waals surface area contributed by atoms with Crippen molar-refractivity contribution in [1.82, 2.24) is 15.2 Å². The molecule has 3 aromatic rings. The second-order valence-corrected chi connectivity index (χ2v) is 7.15. The number of fused-ring (bicyclic) bond motifs is 3. The molecule has 0 unspecified atom stereocenters. The number of ether oxygens (including phenoxy) is 2. The smallest absolute Gasteiger partial charge is 0.247 e. The monoisotopic (exact) mass is 394 g/mol. The van der Waals surface area contributed by atoms with Crippen molar-refractivity contribution in [3.8, 4) is 22.9 Å². The van der Waals surface area contributed by atoms with Gasteiger partial charge in [-0.1, -0.05) is 55.4 Å². The van der Waals surface area contributed by atoms with Crippen molar-refractivity contribution in [2.75, 3.05) is 18.2 Å². The Morgan fingerprint density at radius 3 is 2.79 bits per heavy atom. The first-order chi connectivity index (χ1) is 13.8. The van der Waals surface area contributed by atoms with Gasteiger partial charge < -0.3 is 14.8 Å². The Hall–Kier alpha value is -2.80. The molecule has 7 heteroatoms. The summed E-state index contributed by atoms with van der Waals surface area (Å²) in [5.74, 6) is 1.27. The van der Waals surface area contributed by atoms with E-state index in [-0.39, 0.29) is 0 Å². The minimum absolute atomic E-state index is 0.452. The van der Waals surface area contributed by atoms with Crippen molar-refractivity contribution < 1.29 is 9.47 Å². The van der Waals surface area contributed by atoms with E-state index in [4.69, 9.17) is 9.47 Å². The van der Waals surface area contributed by atoms with Crippen LogP contribution in [-0.2, 0) is 0 Å². The number of aromatic nitrogens is 3. The molecule has 2 aromatic carbocycles. The zero-order valence-corrected chi connectivity index (χ0v) is 16.7. The molecule has 1 atom stereocenters. The van der Waals surface area contributed by atoms with Gasteiger partial charge >= 0.3 is 0 Å². The van der Waals surface area contributed by atoms with Crippen molar-refractivity contribution in [3.05, 3.63) is 54.1 Å². The van der Waals surface area contributed by atoms with Gasteiger partial charge in [0.05, 0.1) is 12.2 Å². The Bertz CT molecular complexity index is 967. The van der Waals surface area contributed by atoms with Crippen LogP contribution in [0.25, 0.3) is 11.3 Å². The fraction of sp³-hybridized carbons (Fsp3) is 0.286. The third kappa shape index (κ3) is 3.75. The minimum atomic E-state index is -0.452. The van der Waals surface area contributed by atoms with Crippen LogP contribution in [0.2, 0.25) is 0 Å². The minimum Gasteiger partial charge on any atom is -0.493 e. The van der Waals surface area contributed by atoms with Gasteiger partial charge in [-0.25, -0.2) is 0 Å². The van der Waals surface area contributed by atoms with Crippen molar-refractivity contribution in [1.29, 1.82) is 0 Å². The summed E-state index contributed by atoms with van der Waals surface area (Å²) in [4.78, 5) is 4.56. The maximum absolute atomic E-state index is 6.30. The van der Waals surface area contributed by atoms with E-state index in [0.29, 0.717) is 23.3 Å². The fourth-order valence-corrected chi connectivity index (χ4v) is 3.33. The van der Waals surface area contributed by atoms with Crippen molar-refractivity contribution in [3.63, 3.8) is 0 Å². The number of benzene rings is 2. The lowest BCUT2D eigenvalue weighted by Gasteiger charge is -2.22. The maximum atomic E-state index is 6.30. The van der Waals surface area contributed by atoms with E-state index in [1.807, 2.05) is 54.8 Å². The first-order valence-electron chi connectivity index (χ1n) is 9.33. The Labute approximate surface area is 168 Å². The molecule has 1 N–H and O–H groups in total. The highest BCUT2D eigenvalue weighted by Crippen LogP contribution is 2.40. The Kier molecular flexibility index (Phi) is 5.62. The van der Waals surface area contributed by atoms with Crippen LogP contribution in [-0.4, -0.2) is 28.0 Å². The molecule has 0 radical (unpaired) electrons. The van der Waals surface area contributed by atoms with Crippen LogP contribution in [0.15, 0.2) is 53.7 Å². The molecule has 144 valence electrons. The van der Waals surface area contributed by atoms with Gasteiger partial charge in [-0.15, -0.1) is 10.2 Å². The number of thioether (sulfide) groups is 1. The SMILES string of the molecule is CCCCOc1ccccc1[C@@H]1Nc2ccccc2-c2nnc(SC)nc2O1. The zero-order valence-electron chi connectivity index (χ0n) is 15.9. The van der Waals surface area contributed by atoms with Crippen LogP contribution in [0.1, 0.15) is 31.6 Å². The Balaban J connectivity index is 1.76. The maximum Gasteiger partial charge on any atom is 0.247 e. The second kappa shape index (κ2) is 8.48. The number of hydrogen-bond acceptors (Lipinski definition) is 7. The van der Waals surface area contributed by atoms with E-state index in [2.05, 4.69) is 27.4 Å². The summed E-state index contributed by atoms with van der Waals surface area (Å²) >= 11 is 1.43. The number of rotatable bonds is 6. The molecule has 0 amide bonds. The predicted octanol–water partition coefficient (Wildman–Crippen LogP) is 4.94. The molecule has 1 aliphatic rings. The molecular formula is C21H22N4O2S. The zero-order chi connectivity index (χ0) is 19.3. The first-order valence-corrected chi connectivity index (χ1v) is 10.6. The molecule has 2 heterocycles. The quantitative estimate of drug-likeness (QED) is 0.469. The van der Waals surface area contributed by atoms with E-state index < -0.39 is 6.23 Å². The third-order valence-corrected chi connectivity index (χ3v) is 5.01. The summed E-state index contributed by atoms with van der Waals surface area (Å²) in [6, 6.07) is 15.9. The number of nitrogens with one attached hydrogen (secondary N) is 1. The molecule has 0 saturated heterocycles. The van der Waals surface area contributed by atoms with Crippen LogP contribution in [0.4, 0.5) is 5.69 Å². The van der Waals surface area contributed by atoms with E-state index in [1.165, 1.54) is 11.8 Å². The number of anilines is 1. The van der Waals surface area contributed by atoms with Crippen LogP contribution in [0.5, 0.6) is 11.6 Å². The molecule has 1 aromatic heterocycles. The first kappa shape index (κ1) is 18.6. The van der Waals surface area contributed by atoms with Gasteiger partial charge in [0.2, 0.25) is 17.3 Å². The van der Waals surface area contributed by atoms with Crippen LogP contribution >= 0.6 is 11.8 Å². The Morgan fingerprint density at radius 1 is 1.11 bits per heavy atom. The standard InChI is InChI=1S/C21H22N4O2S/c1-3-4-13-26-17-12-8-6-10-15(17)19-22-16-11-7-5-9-14(16)18-20(27-19)23-21(28-2)25-24-18/h5-12,19,22H,3-4,13H2,1-2H3/t19-/m1/s1. The molecule has 0 aliphatic carbocycles. The number of para-hydroxylation sites is 2. The number of nitrogens with zero attached hydrogens (tertiary/aromatic N) is 3.